The standard InChI is InChI=1S/C36H27NSi.C24H17Br2N.C12H10Cl2Si.C4H9.Li/c1-4-15-28(16-5-1)29-17-14-18-30(27-29)37-33-23-10-12-25-35(33)38(31-19-6-2-7-20-31,32-21-8-3-9-22-32)36-26-13-11-24-34(36)37;25-21-13-4-6-15-23(21)27(24-16-7-5-14-22(24)26)20-12-8-11-19(17-20)18-9-2-1-3-10-18;13-15(14,11-7-3-1-4-8-11)12-9-5-2-6-10-12;1-3-4-2;/h1-27H;1-17H;1-10H;1,3-4H2,2H3;/q;;;-1;+1. The summed E-state index contributed by atoms with van der Waals surface area (Å²) in [6, 6.07) is 115. The molecule has 0 spiro atoms. The summed E-state index contributed by atoms with van der Waals surface area (Å²) in [6.45, 7) is 3.21. The first kappa shape index (κ1) is 62.3. The normalized spacial score (nSPS) is 11.7. The van der Waals surface area contributed by atoms with Crippen LogP contribution in [0.2, 0.25) is 0 Å². The minimum absolute atomic E-state index is 0. The van der Waals surface area contributed by atoms with Crippen molar-refractivity contribution in [2.75, 3.05) is 9.80 Å². The monoisotopic (exact) mass is 1290 g/mol. The van der Waals surface area contributed by atoms with Gasteiger partial charge in [0.25, 0.3) is 0 Å². The second-order valence-electron chi connectivity index (χ2n) is 20.1. The quantitative estimate of drug-likeness (QED) is 0.0723. The number of fused-ring (bicyclic) bond motifs is 2. The molecule has 414 valence electrons. The van der Waals surface area contributed by atoms with Crippen molar-refractivity contribution in [1.29, 1.82) is 0 Å². The maximum Gasteiger partial charge on any atom is 1.00 e. The van der Waals surface area contributed by atoms with Crippen LogP contribution in [0.25, 0.3) is 22.3 Å². The average molecular weight is 1300 g/mol. The van der Waals surface area contributed by atoms with Crippen LogP contribution < -0.4 is 59.8 Å². The van der Waals surface area contributed by atoms with Crippen LogP contribution in [-0.2, 0) is 0 Å². The van der Waals surface area contributed by atoms with Crippen LogP contribution in [0.3, 0.4) is 0 Å². The van der Waals surface area contributed by atoms with E-state index in [-0.39, 0.29) is 18.9 Å². The van der Waals surface area contributed by atoms with Crippen LogP contribution >= 0.6 is 54.0 Å². The summed E-state index contributed by atoms with van der Waals surface area (Å²) in [7, 11) is -2.57. The number of hydrogen-bond donors (Lipinski definition) is 0. The molecular weight excluding hydrogens is 1230 g/mol. The summed E-state index contributed by atoms with van der Waals surface area (Å²) in [5.74, 6) is 0. The molecule has 0 aliphatic carbocycles. The summed E-state index contributed by atoms with van der Waals surface area (Å²) in [5.41, 5.74) is 11.8. The number of anilines is 6. The number of nitrogens with zero attached hydrogens (tertiary/aromatic N) is 2. The van der Waals surface area contributed by atoms with Gasteiger partial charge in [-0.25, -0.2) is 0 Å². The van der Waals surface area contributed by atoms with Gasteiger partial charge in [0.15, 0.2) is 8.07 Å². The molecule has 0 saturated carbocycles. The second-order valence-corrected chi connectivity index (χ2v) is 31.8. The Bertz CT molecular complexity index is 3840. The third-order valence-corrected chi connectivity index (χ3v) is 25.7. The van der Waals surface area contributed by atoms with Gasteiger partial charge in [0.1, 0.15) is 0 Å². The molecule has 0 fully saturated rings. The molecule has 1 heterocycles. The van der Waals surface area contributed by atoms with Crippen LogP contribution in [0.4, 0.5) is 34.1 Å². The Morgan fingerprint density at radius 2 is 0.741 bits per heavy atom. The van der Waals surface area contributed by atoms with E-state index in [9.17, 15) is 0 Å². The van der Waals surface area contributed by atoms with Gasteiger partial charge in [0, 0.05) is 31.7 Å². The molecule has 0 unspecified atom stereocenters. The van der Waals surface area contributed by atoms with Crippen molar-refractivity contribution >= 4 is 134 Å². The maximum atomic E-state index is 6.49. The smallest absolute Gasteiger partial charge is 0.343 e. The second kappa shape index (κ2) is 30.2. The molecule has 0 saturated heterocycles. The zero-order valence-electron chi connectivity index (χ0n) is 47.7. The molecule has 0 aromatic heterocycles. The SMILES string of the molecule is Brc1ccccc1N(c1cccc(-c2ccccc2)c1)c1ccccc1Br.Cl[Si](Cl)(c1ccccc1)c1ccccc1.[CH2-]CCC.[Li+].c1ccc(-c2cccc(N3c4ccccc4[Si](c4ccccc4)(c4ccccc4)c4ccccc43)c2)cc1. The summed E-state index contributed by atoms with van der Waals surface area (Å²) in [5, 5.41) is 7.70. The molecule has 12 aromatic carbocycles. The van der Waals surface area contributed by atoms with E-state index in [1.54, 1.807) is 0 Å². The topological polar surface area (TPSA) is 6.48 Å². The Balaban J connectivity index is 0.000000160. The Labute approximate surface area is 543 Å². The van der Waals surface area contributed by atoms with Gasteiger partial charge in [-0.1, -0.05) is 280 Å². The van der Waals surface area contributed by atoms with Gasteiger partial charge in [0.05, 0.1) is 11.4 Å². The molecule has 0 bridgehead atoms. The Morgan fingerprint density at radius 3 is 1.16 bits per heavy atom. The van der Waals surface area contributed by atoms with E-state index < -0.39 is 14.8 Å². The minimum atomic E-state index is -2.57. The van der Waals surface area contributed by atoms with E-state index in [0.717, 1.165) is 42.8 Å². The molecule has 85 heavy (non-hydrogen) atoms. The van der Waals surface area contributed by atoms with Gasteiger partial charge >= 0.3 is 25.6 Å². The largest absolute Gasteiger partial charge is 1.00 e. The Kier molecular flexibility index (Phi) is 22.2. The fraction of sp³-hybridized carbons (Fsp3) is 0.0395. The third-order valence-electron chi connectivity index (χ3n) is 14.7. The van der Waals surface area contributed by atoms with Crippen LogP contribution in [0, 0.1) is 6.92 Å². The molecule has 0 radical (unpaired) electrons. The first-order valence-corrected chi connectivity index (χ1v) is 35.8. The first-order valence-electron chi connectivity index (χ1n) is 28.2. The van der Waals surface area contributed by atoms with Crippen molar-refractivity contribution in [3.8, 4) is 22.3 Å². The van der Waals surface area contributed by atoms with E-state index in [2.05, 4.69) is 304 Å². The molecule has 12 aromatic rings. The van der Waals surface area contributed by atoms with E-state index in [4.69, 9.17) is 22.2 Å². The van der Waals surface area contributed by atoms with Crippen molar-refractivity contribution in [3.63, 3.8) is 0 Å². The molecule has 1 aliphatic rings. The van der Waals surface area contributed by atoms with Crippen molar-refractivity contribution in [2.45, 2.75) is 19.8 Å². The molecule has 13 rings (SSSR count). The molecule has 0 N–H and O–H groups in total. The number of unbranched alkanes of at least 4 members (excludes halogenated alkanes) is 1. The molecule has 1 aliphatic heterocycles. The predicted molar refractivity (Wildman–Crippen MR) is 376 cm³/mol. The van der Waals surface area contributed by atoms with Crippen LogP contribution in [0.15, 0.2) is 337 Å². The van der Waals surface area contributed by atoms with Gasteiger partial charge in [0.2, 0.25) is 0 Å². The van der Waals surface area contributed by atoms with Crippen LogP contribution in [0.5, 0.6) is 0 Å². The van der Waals surface area contributed by atoms with Crippen molar-refractivity contribution in [2.24, 2.45) is 0 Å². The fourth-order valence-electron chi connectivity index (χ4n) is 10.7. The average Bonchev–Trinajstić information content (AvgIpc) is 0.768. The zero-order chi connectivity index (χ0) is 58.1. The maximum absolute atomic E-state index is 6.49. The Morgan fingerprint density at radius 1 is 0.400 bits per heavy atom. The summed E-state index contributed by atoms with van der Waals surface area (Å²) in [4.78, 5) is 4.73. The first-order chi connectivity index (χ1) is 41.2. The summed E-state index contributed by atoms with van der Waals surface area (Å²) in [6.07, 6.45) is 2.28. The summed E-state index contributed by atoms with van der Waals surface area (Å²) < 4.78 is 2.09. The number of rotatable bonds is 11. The van der Waals surface area contributed by atoms with Crippen LogP contribution in [0.1, 0.15) is 19.8 Å². The Hall–Kier alpha value is -7.19. The van der Waals surface area contributed by atoms with E-state index >= 15 is 0 Å². The molecule has 0 atom stereocenters. The van der Waals surface area contributed by atoms with Gasteiger partial charge in [-0.2, -0.15) is 6.42 Å². The molecule has 2 nitrogen and oxygen atoms in total. The third kappa shape index (κ3) is 14.2. The van der Waals surface area contributed by atoms with Crippen LogP contribution in [-0.4, -0.2) is 14.8 Å². The molecular formula is C76H63Br2Cl2LiN2Si2. The molecule has 9 heteroatoms. The minimum Gasteiger partial charge on any atom is -0.343 e. The number of para-hydroxylation sites is 4. The number of halogens is 4. The predicted octanol–water partition coefficient (Wildman–Crippen LogP) is 16.2. The van der Waals surface area contributed by atoms with E-state index in [0.29, 0.717) is 0 Å². The van der Waals surface area contributed by atoms with Gasteiger partial charge < -0.3 is 16.7 Å². The van der Waals surface area contributed by atoms with E-state index in [1.165, 1.54) is 66.5 Å². The zero-order valence-corrected chi connectivity index (χ0v) is 54.4. The van der Waals surface area contributed by atoms with Gasteiger partial charge in [-0.15, -0.1) is 22.2 Å². The van der Waals surface area contributed by atoms with E-state index in [1.807, 2.05) is 78.9 Å². The van der Waals surface area contributed by atoms with Crippen molar-refractivity contribution < 1.29 is 18.9 Å². The van der Waals surface area contributed by atoms with Gasteiger partial charge in [-0.3, -0.25) is 0 Å². The number of benzene rings is 12. The van der Waals surface area contributed by atoms with Gasteiger partial charge in [-0.05, 0) is 146 Å². The van der Waals surface area contributed by atoms with Crippen molar-refractivity contribution in [1.82, 2.24) is 0 Å². The summed E-state index contributed by atoms with van der Waals surface area (Å²) >= 11 is 20.4. The fourth-order valence-corrected chi connectivity index (χ4v) is 19.8. The number of hydrogen-bond acceptors (Lipinski definition) is 2. The molecule has 0 amide bonds. The van der Waals surface area contributed by atoms with Crippen molar-refractivity contribution in [3.05, 3.63) is 343 Å².